The Bertz CT molecular complexity index is 779. The number of likely N-dealkylation sites (tertiary alicyclic amines) is 1. The summed E-state index contributed by atoms with van der Waals surface area (Å²) in [6, 6.07) is 0.481. The minimum absolute atomic E-state index is 0.140. The van der Waals surface area contributed by atoms with Crippen molar-refractivity contribution in [3.05, 3.63) is 18.0 Å². The zero-order valence-electron chi connectivity index (χ0n) is 18.6. The van der Waals surface area contributed by atoms with Gasteiger partial charge in [-0.05, 0) is 43.9 Å². The highest BCUT2D eigenvalue weighted by Gasteiger charge is 2.49. The third-order valence-electron chi connectivity index (χ3n) is 7.74. The first-order valence-corrected chi connectivity index (χ1v) is 12.0. The summed E-state index contributed by atoms with van der Waals surface area (Å²) in [6.45, 7) is 3.32. The molecule has 4 fully saturated rings. The molecule has 0 unspecified atom stereocenters. The molecule has 4 heterocycles. The minimum atomic E-state index is -0.250. The maximum absolute atomic E-state index is 12.9. The Hall–Kier alpha value is -2.42. The number of carbonyl (C=O) groups is 3. The molecule has 4 aliphatic rings. The maximum Gasteiger partial charge on any atom is 0.290 e. The van der Waals surface area contributed by atoms with E-state index in [-0.39, 0.29) is 24.3 Å². The molecule has 3 aliphatic heterocycles. The molecular weight excluding hydrogens is 410 g/mol. The van der Waals surface area contributed by atoms with Gasteiger partial charge in [-0.3, -0.25) is 24.4 Å². The van der Waals surface area contributed by atoms with E-state index in [1.165, 1.54) is 24.8 Å². The van der Waals surface area contributed by atoms with Crippen molar-refractivity contribution in [2.24, 2.45) is 17.8 Å². The van der Waals surface area contributed by atoms with Crippen LogP contribution in [0, 0.1) is 17.8 Å². The number of nitrogens with zero attached hydrogens (tertiary/aromatic N) is 3. The molecule has 5 rings (SSSR count). The van der Waals surface area contributed by atoms with Gasteiger partial charge in [0, 0.05) is 56.3 Å². The van der Waals surface area contributed by atoms with E-state index in [1.54, 1.807) is 0 Å². The van der Waals surface area contributed by atoms with Gasteiger partial charge in [-0.1, -0.05) is 12.8 Å². The van der Waals surface area contributed by atoms with E-state index in [9.17, 15) is 9.59 Å². The van der Waals surface area contributed by atoms with Crippen molar-refractivity contribution in [1.82, 2.24) is 25.3 Å². The second kappa shape index (κ2) is 10.5. The molecule has 2 amide bonds. The Morgan fingerprint density at radius 3 is 2.69 bits per heavy atom. The Morgan fingerprint density at radius 1 is 1.22 bits per heavy atom. The van der Waals surface area contributed by atoms with Crippen molar-refractivity contribution in [3.8, 4) is 0 Å². The number of carbonyl (C=O) groups excluding carboxylic acids is 2. The summed E-state index contributed by atoms with van der Waals surface area (Å²) in [6.07, 6.45) is 12.2. The summed E-state index contributed by atoms with van der Waals surface area (Å²) < 4.78 is 0. The second-order valence-corrected chi connectivity index (χ2v) is 9.72. The van der Waals surface area contributed by atoms with Crippen LogP contribution in [0.5, 0.6) is 0 Å². The van der Waals surface area contributed by atoms with Gasteiger partial charge < -0.3 is 15.3 Å². The Morgan fingerprint density at radius 2 is 1.97 bits per heavy atom. The third kappa shape index (κ3) is 4.98. The predicted molar refractivity (Wildman–Crippen MR) is 117 cm³/mol. The summed E-state index contributed by atoms with van der Waals surface area (Å²) in [5.41, 5.74) is 1.22. The van der Waals surface area contributed by atoms with Crippen molar-refractivity contribution in [2.75, 3.05) is 19.6 Å². The lowest BCUT2D eigenvalue weighted by molar-refractivity contribution is -0.153. The smallest absolute Gasteiger partial charge is 0.290 e. The van der Waals surface area contributed by atoms with Gasteiger partial charge in [0.1, 0.15) is 0 Å². The Balaban J connectivity index is 0.000000775. The molecule has 2 bridgehead atoms. The van der Waals surface area contributed by atoms with Crippen molar-refractivity contribution in [2.45, 2.75) is 70.0 Å². The molecule has 176 valence electrons. The largest absolute Gasteiger partial charge is 0.483 e. The Kier molecular flexibility index (Phi) is 7.44. The van der Waals surface area contributed by atoms with Crippen LogP contribution < -0.4 is 5.32 Å². The van der Waals surface area contributed by atoms with E-state index in [0.717, 1.165) is 45.3 Å². The number of amides is 2. The van der Waals surface area contributed by atoms with Gasteiger partial charge in [-0.15, -0.1) is 0 Å². The van der Waals surface area contributed by atoms with Crippen LogP contribution in [0.4, 0.5) is 0 Å². The van der Waals surface area contributed by atoms with Crippen molar-refractivity contribution in [3.63, 3.8) is 0 Å². The van der Waals surface area contributed by atoms with Crippen LogP contribution in [-0.4, -0.2) is 75.1 Å². The summed E-state index contributed by atoms with van der Waals surface area (Å²) in [5, 5.41) is 17.1. The molecular formula is C23H35N5O4. The number of carboxylic acid groups (broad SMARTS) is 1. The van der Waals surface area contributed by atoms with Gasteiger partial charge in [0.2, 0.25) is 11.8 Å². The SMILES string of the molecule is O=C(NC[C@H]1[C@H]2C[C@H](CN(Cc3cn[nH]c3)C2)[C@@H]2CCCC(=O)N21)C1CCCC1.O=CO. The number of hydrogen-bond donors (Lipinski definition) is 3. The lowest BCUT2D eigenvalue weighted by Crippen LogP contribution is -2.67. The number of fused-ring (bicyclic) bond motifs is 4. The first-order chi connectivity index (χ1) is 15.6. The van der Waals surface area contributed by atoms with E-state index in [1.807, 2.05) is 12.4 Å². The van der Waals surface area contributed by atoms with Crippen molar-refractivity contribution >= 4 is 18.3 Å². The van der Waals surface area contributed by atoms with E-state index in [2.05, 4.69) is 25.3 Å². The summed E-state index contributed by atoms with van der Waals surface area (Å²) in [4.78, 5) is 38.6. The summed E-state index contributed by atoms with van der Waals surface area (Å²) in [5.74, 6) is 1.67. The molecule has 9 nitrogen and oxygen atoms in total. The molecule has 1 aromatic heterocycles. The summed E-state index contributed by atoms with van der Waals surface area (Å²) >= 11 is 0. The molecule has 1 aromatic rings. The summed E-state index contributed by atoms with van der Waals surface area (Å²) in [7, 11) is 0. The van der Waals surface area contributed by atoms with Gasteiger partial charge >= 0.3 is 0 Å². The number of nitrogens with one attached hydrogen (secondary N) is 2. The number of hydrogen-bond acceptors (Lipinski definition) is 5. The first-order valence-electron chi connectivity index (χ1n) is 12.0. The van der Waals surface area contributed by atoms with Gasteiger partial charge in [0.25, 0.3) is 6.47 Å². The fourth-order valence-corrected chi connectivity index (χ4v) is 6.42. The topological polar surface area (TPSA) is 119 Å². The van der Waals surface area contributed by atoms with Crippen LogP contribution in [-0.2, 0) is 20.9 Å². The van der Waals surface area contributed by atoms with Crippen LogP contribution in [0.2, 0.25) is 0 Å². The highest BCUT2D eigenvalue weighted by molar-refractivity contribution is 5.80. The average molecular weight is 446 g/mol. The minimum Gasteiger partial charge on any atom is -0.483 e. The normalized spacial score (nSPS) is 30.2. The molecule has 0 spiro atoms. The fourth-order valence-electron chi connectivity index (χ4n) is 6.42. The molecule has 9 heteroatoms. The molecule has 0 radical (unpaired) electrons. The van der Waals surface area contributed by atoms with Crippen LogP contribution in [0.3, 0.4) is 0 Å². The molecule has 4 atom stereocenters. The Labute approximate surface area is 188 Å². The number of aromatic nitrogens is 2. The lowest BCUT2D eigenvalue weighted by atomic mass is 9.72. The zero-order valence-corrected chi connectivity index (χ0v) is 18.6. The number of piperidine rings is 3. The first kappa shape index (κ1) is 22.8. The quantitative estimate of drug-likeness (QED) is 0.593. The monoisotopic (exact) mass is 445 g/mol. The molecule has 3 N–H and O–H groups in total. The van der Waals surface area contributed by atoms with Gasteiger partial charge in [-0.25, -0.2) is 0 Å². The molecule has 3 saturated heterocycles. The molecule has 32 heavy (non-hydrogen) atoms. The fraction of sp³-hybridized carbons (Fsp3) is 0.739. The number of rotatable bonds is 5. The van der Waals surface area contributed by atoms with Gasteiger partial charge in [0.15, 0.2) is 0 Å². The van der Waals surface area contributed by atoms with E-state index in [4.69, 9.17) is 9.90 Å². The second-order valence-electron chi connectivity index (χ2n) is 9.72. The van der Waals surface area contributed by atoms with E-state index in [0.29, 0.717) is 36.8 Å². The average Bonchev–Trinajstić information content (AvgIpc) is 3.49. The molecule has 1 saturated carbocycles. The van der Waals surface area contributed by atoms with E-state index < -0.39 is 0 Å². The van der Waals surface area contributed by atoms with E-state index >= 15 is 0 Å². The van der Waals surface area contributed by atoms with Crippen LogP contribution in [0.1, 0.15) is 56.9 Å². The van der Waals surface area contributed by atoms with Crippen LogP contribution in [0.15, 0.2) is 12.4 Å². The third-order valence-corrected chi connectivity index (χ3v) is 7.74. The highest BCUT2D eigenvalue weighted by atomic mass is 16.3. The number of H-pyrrole nitrogens is 1. The number of aromatic amines is 1. The van der Waals surface area contributed by atoms with Crippen molar-refractivity contribution in [1.29, 1.82) is 0 Å². The highest BCUT2D eigenvalue weighted by Crippen LogP contribution is 2.41. The lowest BCUT2D eigenvalue weighted by Gasteiger charge is -2.56. The van der Waals surface area contributed by atoms with Crippen molar-refractivity contribution < 1.29 is 19.5 Å². The van der Waals surface area contributed by atoms with Gasteiger partial charge in [-0.2, -0.15) is 5.10 Å². The van der Waals surface area contributed by atoms with Gasteiger partial charge in [0.05, 0.1) is 12.2 Å². The maximum atomic E-state index is 12.9. The van der Waals surface area contributed by atoms with Crippen LogP contribution in [0.25, 0.3) is 0 Å². The predicted octanol–water partition coefficient (Wildman–Crippen LogP) is 1.62. The standard InChI is InChI=1S/C22H33N5O2.CH2O2/c28-21-7-3-6-19-17-8-18(14-26(13-17)12-15-9-24-25-10-15)20(27(19)21)11-23-22(29)16-4-1-2-5-16;2-1-3/h9-10,16-20H,1-8,11-14H2,(H,23,29)(H,24,25);1H,(H,2,3)/t17-,18+,19+,20+;/m1./s1. The zero-order chi connectivity index (χ0) is 22.5. The molecule has 1 aliphatic carbocycles. The van der Waals surface area contributed by atoms with Crippen LogP contribution >= 0.6 is 0 Å². The molecule has 0 aromatic carbocycles.